The third-order valence-corrected chi connectivity index (χ3v) is 2.42. The standard InChI is InChI=1S/C10H13NOS/c1-3-4-10(12)11(2)7-9-5-6-13-8-9/h3-6,8H,7H2,1-2H3. The Balaban J connectivity index is 2.50. The van der Waals surface area contributed by atoms with E-state index in [0.29, 0.717) is 6.54 Å². The van der Waals surface area contributed by atoms with Crippen molar-refractivity contribution in [3.63, 3.8) is 0 Å². The summed E-state index contributed by atoms with van der Waals surface area (Å²) in [6.07, 6.45) is 3.33. The predicted octanol–water partition coefficient (Wildman–Crippen LogP) is 2.28. The van der Waals surface area contributed by atoms with E-state index in [1.807, 2.05) is 18.4 Å². The zero-order valence-electron chi connectivity index (χ0n) is 7.86. The Hall–Kier alpha value is -1.09. The van der Waals surface area contributed by atoms with E-state index in [4.69, 9.17) is 0 Å². The highest BCUT2D eigenvalue weighted by Gasteiger charge is 2.04. The highest BCUT2D eigenvalue weighted by atomic mass is 32.1. The van der Waals surface area contributed by atoms with Crippen LogP contribution in [-0.2, 0) is 11.3 Å². The van der Waals surface area contributed by atoms with Crippen molar-refractivity contribution in [2.75, 3.05) is 7.05 Å². The number of hydrogen-bond donors (Lipinski definition) is 0. The van der Waals surface area contributed by atoms with E-state index in [1.165, 1.54) is 5.56 Å². The van der Waals surface area contributed by atoms with Gasteiger partial charge < -0.3 is 4.90 Å². The number of thiophene rings is 1. The second kappa shape index (κ2) is 4.82. The summed E-state index contributed by atoms with van der Waals surface area (Å²) >= 11 is 1.65. The highest BCUT2D eigenvalue weighted by molar-refractivity contribution is 7.07. The van der Waals surface area contributed by atoms with E-state index in [0.717, 1.165) is 0 Å². The summed E-state index contributed by atoms with van der Waals surface area (Å²) in [7, 11) is 1.81. The molecule has 13 heavy (non-hydrogen) atoms. The van der Waals surface area contributed by atoms with E-state index in [9.17, 15) is 4.79 Å². The molecule has 1 aromatic rings. The first kappa shape index (κ1) is 9.99. The molecular formula is C10H13NOS. The van der Waals surface area contributed by atoms with Crippen molar-refractivity contribution < 1.29 is 4.79 Å². The molecule has 0 aliphatic heterocycles. The maximum atomic E-state index is 11.3. The zero-order valence-corrected chi connectivity index (χ0v) is 8.67. The lowest BCUT2D eigenvalue weighted by molar-refractivity contribution is -0.125. The fourth-order valence-corrected chi connectivity index (χ4v) is 1.66. The van der Waals surface area contributed by atoms with Crippen LogP contribution in [0.2, 0.25) is 0 Å². The number of carbonyl (C=O) groups excluding carboxylic acids is 1. The van der Waals surface area contributed by atoms with Gasteiger partial charge in [0.15, 0.2) is 0 Å². The Labute approximate surface area is 82.5 Å². The Morgan fingerprint density at radius 2 is 2.46 bits per heavy atom. The molecule has 1 heterocycles. The summed E-state index contributed by atoms with van der Waals surface area (Å²) in [6, 6.07) is 2.03. The molecule has 1 rings (SSSR count). The number of carbonyl (C=O) groups is 1. The van der Waals surface area contributed by atoms with Crippen LogP contribution in [0.4, 0.5) is 0 Å². The molecule has 0 unspecified atom stereocenters. The van der Waals surface area contributed by atoms with Crippen LogP contribution in [-0.4, -0.2) is 17.9 Å². The summed E-state index contributed by atoms with van der Waals surface area (Å²) in [4.78, 5) is 13.0. The molecule has 0 fully saturated rings. The first-order valence-electron chi connectivity index (χ1n) is 4.13. The van der Waals surface area contributed by atoms with Crippen molar-refractivity contribution in [3.05, 3.63) is 34.5 Å². The van der Waals surface area contributed by atoms with Crippen molar-refractivity contribution in [2.24, 2.45) is 0 Å². The van der Waals surface area contributed by atoms with Crippen LogP contribution in [0.5, 0.6) is 0 Å². The molecule has 0 aromatic carbocycles. The zero-order chi connectivity index (χ0) is 9.68. The van der Waals surface area contributed by atoms with Gasteiger partial charge in [-0.25, -0.2) is 0 Å². The van der Waals surface area contributed by atoms with Crippen LogP contribution in [0.3, 0.4) is 0 Å². The van der Waals surface area contributed by atoms with Crippen LogP contribution >= 0.6 is 11.3 Å². The van der Waals surface area contributed by atoms with Gasteiger partial charge in [0.25, 0.3) is 0 Å². The molecule has 70 valence electrons. The maximum Gasteiger partial charge on any atom is 0.246 e. The fraction of sp³-hybridized carbons (Fsp3) is 0.300. The number of rotatable bonds is 3. The van der Waals surface area contributed by atoms with Crippen molar-refractivity contribution in [2.45, 2.75) is 13.5 Å². The molecule has 0 saturated heterocycles. The van der Waals surface area contributed by atoms with Crippen molar-refractivity contribution in [3.8, 4) is 0 Å². The molecular weight excluding hydrogens is 182 g/mol. The van der Waals surface area contributed by atoms with E-state index in [1.54, 1.807) is 35.4 Å². The molecule has 0 aliphatic rings. The van der Waals surface area contributed by atoms with Gasteiger partial charge in [0, 0.05) is 13.6 Å². The molecule has 0 spiro atoms. The van der Waals surface area contributed by atoms with Gasteiger partial charge in [0.05, 0.1) is 0 Å². The third kappa shape index (κ3) is 3.03. The van der Waals surface area contributed by atoms with Gasteiger partial charge in [0.2, 0.25) is 5.91 Å². The number of allylic oxidation sites excluding steroid dienone is 1. The molecule has 0 aliphatic carbocycles. The van der Waals surface area contributed by atoms with Crippen molar-refractivity contribution in [1.29, 1.82) is 0 Å². The molecule has 0 atom stereocenters. The second-order valence-electron chi connectivity index (χ2n) is 2.83. The van der Waals surface area contributed by atoms with Crippen LogP contribution in [0.15, 0.2) is 29.0 Å². The first-order chi connectivity index (χ1) is 6.24. The minimum atomic E-state index is 0.0497. The third-order valence-electron chi connectivity index (χ3n) is 1.69. The molecule has 0 N–H and O–H groups in total. The summed E-state index contributed by atoms with van der Waals surface area (Å²) in [6.45, 7) is 2.53. The molecule has 1 amide bonds. The SMILES string of the molecule is CC=CC(=O)N(C)Cc1ccsc1. The lowest BCUT2D eigenvalue weighted by atomic mass is 10.3. The van der Waals surface area contributed by atoms with Gasteiger partial charge in [-0.15, -0.1) is 0 Å². The Morgan fingerprint density at radius 3 is 3.00 bits per heavy atom. The molecule has 1 aromatic heterocycles. The van der Waals surface area contributed by atoms with Crippen LogP contribution in [0.25, 0.3) is 0 Å². The summed E-state index contributed by atoms with van der Waals surface area (Å²) in [5.41, 5.74) is 1.19. The number of likely N-dealkylation sites (N-methyl/N-ethyl adjacent to an activating group) is 1. The number of amides is 1. The lowest BCUT2D eigenvalue weighted by Gasteiger charge is -2.13. The topological polar surface area (TPSA) is 20.3 Å². The molecule has 0 radical (unpaired) electrons. The van der Waals surface area contributed by atoms with E-state index < -0.39 is 0 Å². The largest absolute Gasteiger partial charge is 0.338 e. The lowest BCUT2D eigenvalue weighted by Crippen LogP contribution is -2.23. The second-order valence-corrected chi connectivity index (χ2v) is 3.61. The van der Waals surface area contributed by atoms with E-state index >= 15 is 0 Å². The van der Waals surface area contributed by atoms with E-state index in [-0.39, 0.29) is 5.91 Å². The fourth-order valence-electron chi connectivity index (χ4n) is 1.00. The van der Waals surface area contributed by atoms with Gasteiger partial charge in [-0.3, -0.25) is 4.79 Å². The highest BCUT2D eigenvalue weighted by Crippen LogP contribution is 2.08. The van der Waals surface area contributed by atoms with Crippen LogP contribution in [0.1, 0.15) is 12.5 Å². The van der Waals surface area contributed by atoms with Crippen LogP contribution in [0, 0.1) is 0 Å². The normalized spacial score (nSPS) is 10.6. The maximum absolute atomic E-state index is 11.3. The quantitative estimate of drug-likeness (QED) is 0.678. The van der Waals surface area contributed by atoms with E-state index in [2.05, 4.69) is 5.38 Å². The molecule has 0 bridgehead atoms. The minimum absolute atomic E-state index is 0.0497. The van der Waals surface area contributed by atoms with Crippen LogP contribution < -0.4 is 0 Å². The Morgan fingerprint density at radius 1 is 1.69 bits per heavy atom. The monoisotopic (exact) mass is 195 g/mol. The summed E-state index contributed by atoms with van der Waals surface area (Å²) in [5, 5.41) is 4.07. The Kier molecular flexibility index (Phi) is 3.71. The van der Waals surface area contributed by atoms with Gasteiger partial charge in [-0.1, -0.05) is 6.08 Å². The summed E-state index contributed by atoms with van der Waals surface area (Å²) in [5.74, 6) is 0.0497. The average Bonchev–Trinajstić information content (AvgIpc) is 2.57. The average molecular weight is 195 g/mol. The van der Waals surface area contributed by atoms with Crippen molar-refractivity contribution in [1.82, 2.24) is 4.90 Å². The Bertz CT molecular complexity index is 290. The van der Waals surface area contributed by atoms with Gasteiger partial charge in [-0.2, -0.15) is 11.3 Å². The predicted molar refractivity (Wildman–Crippen MR) is 55.6 cm³/mol. The van der Waals surface area contributed by atoms with Gasteiger partial charge in [-0.05, 0) is 35.4 Å². The minimum Gasteiger partial charge on any atom is -0.338 e. The molecule has 0 saturated carbocycles. The smallest absolute Gasteiger partial charge is 0.246 e. The van der Waals surface area contributed by atoms with Crippen molar-refractivity contribution >= 4 is 17.2 Å². The molecule has 3 heteroatoms. The first-order valence-corrected chi connectivity index (χ1v) is 5.07. The molecule has 2 nitrogen and oxygen atoms in total. The van der Waals surface area contributed by atoms with Gasteiger partial charge in [0.1, 0.15) is 0 Å². The van der Waals surface area contributed by atoms with Gasteiger partial charge >= 0.3 is 0 Å². The summed E-state index contributed by atoms with van der Waals surface area (Å²) < 4.78 is 0. The number of hydrogen-bond acceptors (Lipinski definition) is 2. The number of nitrogens with zero attached hydrogens (tertiary/aromatic N) is 1.